The van der Waals surface area contributed by atoms with Crippen LogP contribution in [0.1, 0.15) is 179 Å². The van der Waals surface area contributed by atoms with Crippen LogP contribution in [0, 0.1) is 0 Å². The number of nitrogens with two attached hydrogens (primary N) is 1. The van der Waals surface area contributed by atoms with E-state index in [1.807, 2.05) is 13.8 Å². The summed E-state index contributed by atoms with van der Waals surface area (Å²) in [6, 6.07) is 9.76. The van der Waals surface area contributed by atoms with Crippen LogP contribution in [-0.2, 0) is 56.8 Å². The molecule has 0 saturated carbocycles. The Morgan fingerprint density at radius 1 is 0.580 bits per heavy atom. The molecule has 0 radical (unpaired) electrons. The van der Waals surface area contributed by atoms with E-state index in [0.29, 0.717) is 11.3 Å². The molecule has 4 N–H and O–H groups in total. The molecule has 2 rings (SSSR count). The summed E-state index contributed by atoms with van der Waals surface area (Å²) in [5.41, 5.74) is 8.53. The van der Waals surface area contributed by atoms with Crippen molar-refractivity contribution in [3.05, 3.63) is 53.1 Å². The van der Waals surface area contributed by atoms with E-state index in [9.17, 15) is 21.4 Å². The summed E-state index contributed by atoms with van der Waals surface area (Å²) < 4.78 is 72.9. The number of anilines is 1. The van der Waals surface area contributed by atoms with Crippen LogP contribution in [0.4, 0.5) is 5.69 Å². The third kappa shape index (κ3) is 22.5. The fraction of sp³-hybridized carbons (Fsp3) is 0.692. The summed E-state index contributed by atoms with van der Waals surface area (Å²) in [7, 11) is -8.32. The molecule has 0 atom stereocenters. The second-order valence-electron chi connectivity index (χ2n) is 13.7. The number of hydrogen-bond acceptors (Lipinski definition) is 6. The van der Waals surface area contributed by atoms with Crippen LogP contribution in [0.15, 0.2) is 46.2 Å². The molecule has 286 valence electrons. The third-order valence-electron chi connectivity index (χ3n) is 9.02. The zero-order valence-electron chi connectivity index (χ0n) is 31.4. The molecule has 50 heavy (non-hydrogen) atoms. The first-order valence-corrected chi connectivity index (χ1v) is 22.5. The molecule has 0 spiro atoms. The number of nitrogen functional groups attached to an aromatic ring is 1. The van der Waals surface area contributed by atoms with Gasteiger partial charge in [0.1, 0.15) is 0 Å². The molecule has 0 aliphatic heterocycles. The Bertz CT molecular complexity index is 1380. The van der Waals surface area contributed by atoms with E-state index in [1.165, 1.54) is 121 Å². The van der Waals surface area contributed by atoms with Gasteiger partial charge in [-0.05, 0) is 72.6 Å². The number of rotatable bonds is 25. The molecular weight excluding hydrogens is 706 g/mol. The molecule has 2 aromatic rings. The molecule has 0 unspecified atom stereocenters. The van der Waals surface area contributed by atoms with E-state index in [-0.39, 0.29) is 15.7 Å². The van der Waals surface area contributed by atoms with Crippen LogP contribution >= 0.6 is 0 Å². The standard InChI is InChI=1S/C30H54O3S.C9H13NO3S.O.Ti/c1-3-5-7-9-11-13-15-17-19-21-24-28-25-23-27-30(34(31,32)33)29(28)26-22-20-18-16-14-12-10-8-6-4-2;1-6(2)8-5-7(10)3-4-9(8)14(11,12)13;;/h23,25,27H,3-22,24,26H2,1-2H3,(H,31,32,33);3-6H,10H2,1-2H3,(H,11,12,13);;. The molecule has 0 aliphatic carbocycles. The molecule has 0 saturated heterocycles. The van der Waals surface area contributed by atoms with Crippen molar-refractivity contribution in [3.63, 3.8) is 0 Å². The van der Waals surface area contributed by atoms with Gasteiger partial charge in [0.15, 0.2) is 0 Å². The minimum absolute atomic E-state index is 0.00424. The molecule has 0 heterocycles. The summed E-state index contributed by atoms with van der Waals surface area (Å²) in [6.07, 6.45) is 27.3. The molecule has 0 amide bonds. The Morgan fingerprint density at radius 2 is 0.980 bits per heavy atom. The van der Waals surface area contributed by atoms with Gasteiger partial charge in [0.05, 0.1) is 9.79 Å². The van der Waals surface area contributed by atoms with Gasteiger partial charge in [-0.1, -0.05) is 155 Å². The van der Waals surface area contributed by atoms with Crippen LogP contribution in [0.5, 0.6) is 0 Å². The normalized spacial score (nSPS) is 11.5. The van der Waals surface area contributed by atoms with Crippen LogP contribution in [0.3, 0.4) is 0 Å². The topological polar surface area (TPSA) is 152 Å². The van der Waals surface area contributed by atoms with Gasteiger partial charge in [-0.15, -0.1) is 0 Å². The van der Waals surface area contributed by atoms with E-state index in [1.54, 1.807) is 18.2 Å². The van der Waals surface area contributed by atoms with Gasteiger partial charge < -0.3 is 5.73 Å². The van der Waals surface area contributed by atoms with Gasteiger partial charge in [-0.25, -0.2) is 0 Å². The zero-order chi connectivity index (χ0) is 37.8. The van der Waals surface area contributed by atoms with E-state index < -0.39 is 20.2 Å². The average molecular weight is 774 g/mol. The second kappa shape index (κ2) is 29.1. The summed E-state index contributed by atoms with van der Waals surface area (Å²) in [4.78, 5) is 0.0645. The maximum atomic E-state index is 12.0. The number of aryl methyl sites for hydroxylation is 1. The molecule has 8 nitrogen and oxygen atoms in total. The molecule has 0 fully saturated rings. The predicted molar refractivity (Wildman–Crippen MR) is 203 cm³/mol. The quantitative estimate of drug-likeness (QED) is 0.0390. The van der Waals surface area contributed by atoms with E-state index in [2.05, 4.69) is 19.9 Å². The Morgan fingerprint density at radius 3 is 1.38 bits per heavy atom. The monoisotopic (exact) mass is 773 g/mol. The number of benzene rings is 2. The predicted octanol–water partition coefficient (Wildman–Crippen LogP) is 11.4. The van der Waals surface area contributed by atoms with E-state index in [0.717, 1.165) is 63.6 Å². The molecule has 2 aromatic carbocycles. The van der Waals surface area contributed by atoms with Crippen molar-refractivity contribution in [2.24, 2.45) is 0 Å². The van der Waals surface area contributed by atoms with Gasteiger partial charge in [0.25, 0.3) is 20.2 Å². The van der Waals surface area contributed by atoms with Crippen LogP contribution in [-0.4, -0.2) is 25.9 Å². The van der Waals surface area contributed by atoms with Gasteiger partial charge in [0.2, 0.25) is 0 Å². The third-order valence-corrected chi connectivity index (χ3v) is 10.9. The fourth-order valence-electron chi connectivity index (χ4n) is 6.22. The Kier molecular flexibility index (Phi) is 28.2. The van der Waals surface area contributed by atoms with Crippen molar-refractivity contribution in [1.82, 2.24) is 0 Å². The minimum atomic E-state index is -4.17. The van der Waals surface area contributed by atoms with Crippen molar-refractivity contribution in [3.8, 4) is 0 Å². The van der Waals surface area contributed by atoms with Crippen LogP contribution in [0.25, 0.3) is 0 Å². The summed E-state index contributed by atoms with van der Waals surface area (Å²) in [6.45, 7) is 8.18. The van der Waals surface area contributed by atoms with Crippen molar-refractivity contribution in [1.29, 1.82) is 0 Å². The maximum absolute atomic E-state index is 12.0. The first-order chi connectivity index (χ1) is 23.8. The first-order valence-electron chi connectivity index (χ1n) is 19.0. The zero-order valence-corrected chi connectivity index (χ0v) is 34.6. The van der Waals surface area contributed by atoms with Crippen LogP contribution < -0.4 is 5.73 Å². The van der Waals surface area contributed by atoms with Gasteiger partial charge in [0, 0.05) is 5.69 Å². The second-order valence-corrected chi connectivity index (χ2v) is 16.4. The average Bonchev–Trinajstić information content (AvgIpc) is 3.07. The van der Waals surface area contributed by atoms with Crippen molar-refractivity contribution in [2.45, 2.75) is 185 Å². The molecular formula is C39H67NO7S2Ti. The summed E-state index contributed by atoms with van der Waals surface area (Å²) in [5, 5.41) is 0. The fourth-order valence-corrected chi connectivity index (χ4v) is 7.84. The first kappa shape index (κ1) is 48.6. The van der Waals surface area contributed by atoms with Crippen molar-refractivity contribution < 1.29 is 49.7 Å². The summed E-state index contributed by atoms with van der Waals surface area (Å²) in [5.74, 6) is -0.00424. The Labute approximate surface area is 317 Å². The van der Waals surface area contributed by atoms with Crippen molar-refractivity contribution in [2.75, 3.05) is 5.73 Å². The molecule has 11 heteroatoms. The summed E-state index contributed by atoms with van der Waals surface area (Å²) >= 11 is 0.750. The molecule has 0 aromatic heterocycles. The Balaban J connectivity index is 0.00000124. The van der Waals surface area contributed by atoms with Gasteiger partial charge >= 0.3 is 23.7 Å². The van der Waals surface area contributed by atoms with E-state index >= 15 is 0 Å². The Hall–Kier alpha value is -1.43. The van der Waals surface area contributed by atoms with Crippen LogP contribution in [0.2, 0.25) is 0 Å². The van der Waals surface area contributed by atoms with Crippen molar-refractivity contribution >= 4 is 25.9 Å². The van der Waals surface area contributed by atoms with Gasteiger partial charge in [-0.3, -0.25) is 9.11 Å². The SMILES string of the molecule is CC(C)c1cc(N)ccc1S(=O)(=O)O.CCCCCCCCCCCCc1cccc(S(=O)(=O)O)c1CCCCCCCCCCCC.[O]=[Ti]. The molecule has 0 bridgehead atoms. The molecule has 0 aliphatic rings. The van der Waals surface area contributed by atoms with E-state index in [4.69, 9.17) is 13.6 Å². The van der Waals surface area contributed by atoms with Gasteiger partial charge in [-0.2, -0.15) is 16.8 Å². The number of unbranched alkanes of at least 4 members (excludes halogenated alkanes) is 18. The number of hydrogen-bond donors (Lipinski definition) is 3.